The predicted octanol–water partition coefficient (Wildman–Crippen LogP) is 2.84. The van der Waals surface area contributed by atoms with Gasteiger partial charge >= 0.3 is 0 Å². The van der Waals surface area contributed by atoms with E-state index in [1.807, 2.05) is 0 Å². The summed E-state index contributed by atoms with van der Waals surface area (Å²) in [5.41, 5.74) is 5.01. The summed E-state index contributed by atoms with van der Waals surface area (Å²) < 4.78 is 25.8. The first kappa shape index (κ1) is 14.8. The Balaban J connectivity index is 2.91. The zero-order valence-corrected chi connectivity index (χ0v) is 11.2. The largest absolute Gasteiger partial charge is 0.325 e. The summed E-state index contributed by atoms with van der Waals surface area (Å²) in [4.78, 5) is 12.2. The van der Waals surface area contributed by atoms with Crippen LogP contribution in [0.2, 0.25) is 0 Å². The van der Waals surface area contributed by atoms with Crippen molar-refractivity contribution in [3.05, 3.63) is 35.4 Å². The Morgan fingerprint density at radius 2 is 1.72 bits per heavy atom. The molecule has 0 radical (unpaired) electrons. The lowest BCUT2D eigenvalue weighted by molar-refractivity contribution is -0.129. The van der Waals surface area contributed by atoms with Crippen molar-refractivity contribution < 1.29 is 13.6 Å². The number of nitrogens with two attached hydrogens (primary N) is 1. The summed E-state index contributed by atoms with van der Waals surface area (Å²) in [5.74, 6) is -1.95. The second-order valence-electron chi connectivity index (χ2n) is 5.70. The third-order valence-electron chi connectivity index (χ3n) is 3.66. The molecule has 2 N–H and O–H groups in total. The Labute approximate surface area is 106 Å². The zero-order valence-electron chi connectivity index (χ0n) is 11.2. The molecular weight excluding hydrogens is 236 g/mol. The Morgan fingerprint density at radius 1 is 1.17 bits per heavy atom. The number of carbonyl (C=O) groups is 1. The maximum absolute atomic E-state index is 13.0. The Morgan fingerprint density at radius 3 is 2.17 bits per heavy atom. The monoisotopic (exact) mass is 255 g/mol. The van der Waals surface area contributed by atoms with Gasteiger partial charge in [0.2, 0.25) is 0 Å². The molecule has 1 aromatic rings. The summed E-state index contributed by atoms with van der Waals surface area (Å²) in [6.07, 6.45) is 0.0465. The van der Waals surface area contributed by atoms with Crippen LogP contribution in [0.3, 0.4) is 0 Å². The van der Waals surface area contributed by atoms with Gasteiger partial charge in [0.1, 0.15) is 5.78 Å². The van der Waals surface area contributed by atoms with Crippen LogP contribution in [0.5, 0.6) is 0 Å². The molecule has 0 spiro atoms. The summed E-state index contributed by atoms with van der Waals surface area (Å²) >= 11 is 0. The molecule has 0 saturated heterocycles. The number of ketones is 1. The fourth-order valence-electron chi connectivity index (χ4n) is 1.42. The topological polar surface area (TPSA) is 43.1 Å². The quantitative estimate of drug-likeness (QED) is 0.899. The highest BCUT2D eigenvalue weighted by Gasteiger charge is 2.39. The maximum atomic E-state index is 13.0. The highest BCUT2D eigenvalue weighted by molar-refractivity contribution is 5.87. The number of carbonyl (C=O) groups excluding carboxylic acids is 1. The van der Waals surface area contributed by atoms with Crippen molar-refractivity contribution in [2.75, 3.05) is 0 Å². The highest BCUT2D eigenvalue weighted by Crippen LogP contribution is 2.30. The first-order chi connectivity index (χ1) is 8.05. The van der Waals surface area contributed by atoms with Crippen LogP contribution in [0.4, 0.5) is 8.78 Å². The molecule has 2 nitrogen and oxygen atoms in total. The smallest absolute Gasteiger partial charge is 0.159 e. The Bertz CT molecular complexity index is 461. The molecule has 18 heavy (non-hydrogen) atoms. The van der Waals surface area contributed by atoms with Gasteiger partial charge in [0.15, 0.2) is 11.6 Å². The molecule has 1 aromatic carbocycles. The third kappa shape index (κ3) is 2.93. The van der Waals surface area contributed by atoms with Gasteiger partial charge in [0, 0.05) is 17.4 Å². The number of benzene rings is 1. The van der Waals surface area contributed by atoms with E-state index in [-0.39, 0.29) is 12.2 Å². The van der Waals surface area contributed by atoms with Gasteiger partial charge in [-0.05, 0) is 31.5 Å². The summed E-state index contributed by atoms with van der Waals surface area (Å²) in [6.45, 7) is 7.07. The number of halogens is 2. The minimum Gasteiger partial charge on any atom is -0.325 e. The molecule has 0 amide bonds. The molecule has 0 heterocycles. The average molecular weight is 255 g/mol. The highest BCUT2D eigenvalue weighted by atomic mass is 19.2. The van der Waals surface area contributed by atoms with Crippen LogP contribution in [-0.2, 0) is 11.2 Å². The van der Waals surface area contributed by atoms with Crippen molar-refractivity contribution >= 4 is 5.78 Å². The van der Waals surface area contributed by atoms with Crippen molar-refractivity contribution in [2.45, 2.75) is 39.7 Å². The van der Waals surface area contributed by atoms with Gasteiger partial charge in [-0.1, -0.05) is 19.9 Å². The van der Waals surface area contributed by atoms with Gasteiger partial charge in [0.25, 0.3) is 0 Å². The fourth-order valence-corrected chi connectivity index (χ4v) is 1.42. The SMILES string of the molecule is CC(C)(N)C(C)(C)C(=O)Cc1ccc(F)c(F)c1. The minimum absolute atomic E-state index is 0.0465. The van der Waals surface area contributed by atoms with Gasteiger partial charge in [-0.3, -0.25) is 4.79 Å². The number of hydrogen-bond acceptors (Lipinski definition) is 2. The molecule has 0 atom stereocenters. The first-order valence-corrected chi connectivity index (χ1v) is 5.82. The molecule has 0 aliphatic rings. The standard InChI is InChI=1S/C14H19F2NO/c1-13(2,14(3,4)17)12(18)8-9-5-6-10(15)11(16)7-9/h5-7H,8,17H2,1-4H3. The Hall–Kier alpha value is -1.29. The van der Waals surface area contributed by atoms with Crippen LogP contribution in [0.15, 0.2) is 18.2 Å². The molecule has 0 fully saturated rings. The van der Waals surface area contributed by atoms with Crippen molar-refractivity contribution in [2.24, 2.45) is 11.1 Å². The average Bonchev–Trinajstić information content (AvgIpc) is 2.21. The second kappa shape index (κ2) is 4.76. The molecule has 1 rings (SSSR count). The van der Waals surface area contributed by atoms with E-state index in [0.29, 0.717) is 5.56 Å². The van der Waals surface area contributed by atoms with Crippen LogP contribution in [0.25, 0.3) is 0 Å². The van der Waals surface area contributed by atoms with E-state index in [0.717, 1.165) is 12.1 Å². The minimum atomic E-state index is -0.940. The molecule has 0 aliphatic carbocycles. The van der Waals surface area contributed by atoms with Gasteiger partial charge in [-0.15, -0.1) is 0 Å². The van der Waals surface area contributed by atoms with Crippen molar-refractivity contribution in [3.8, 4) is 0 Å². The fraction of sp³-hybridized carbons (Fsp3) is 0.500. The van der Waals surface area contributed by atoms with E-state index in [1.54, 1.807) is 27.7 Å². The van der Waals surface area contributed by atoms with Crippen LogP contribution >= 0.6 is 0 Å². The Kier molecular flexibility index (Phi) is 3.91. The predicted molar refractivity (Wildman–Crippen MR) is 67.1 cm³/mol. The molecular formula is C14H19F2NO. The summed E-state index contributed by atoms with van der Waals surface area (Å²) in [7, 11) is 0. The van der Waals surface area contributed by atoms with Gasteiger partial charge in [-0.25, -0.2) is 8.78 Å². The number of hydrogen-bond donors (Lipinski definition) is 1. The van der Waals surface area contributed by atoms with Crippen molar-refractivity contribution in [1.29, 1.82) is 0 Å². The second-order valence-corrected chi connectivity index (χ2v) is 5.70. The van der Waals surface area contributed by atoms with E-state index in [4.69, 9.17) is 5.73 Å². The summed E-state index contributed by atoms with van der Waals surface area (Å²) in [5, 5.41) is 0. The summed E-state index contributed by atoms with van der Waals surface area (Å²) in [6, 6.07) is 3.49. The normalized spacial score (nSPS) is 12.6. The van der Waals surface area contributed by atoms with Crippen LogP contribution in [-0.4, -0.2) is 11.3 Å². The van der Waals surface area contributed by atoms with Crippen LogP contribution < -0.4 is 5.73 Å². The lowest BCUT2D eigenvalue weighted by Gasteiger charge is -2.37. The van der Waals surface area contributed by atoms with Crippen LogP contribution in [0.1, 0.15) is 33.3 Å². The lowest BCUT2D eigenvalue weighted by atomic mass is 9.71. The third-order valence-corrected chi connectivity index (χ3v) is 3.66. The molecule has 4 heteroatoms. The van der Waals surface area contributed by atoms with Crippen molar-refractivity contribution in [3.63, 3.8) is 0 Å². The maximum Gasteiger partial charge on any atom is 0.159 e. The first-order valence-electron chi connectivity index (χ1n) is 5.82. The molecule has 0 unspecified atom stereocenters. The molecule has 0 saturated carbocycles. The van der Waals surface area contributed by atoms with E-state index in [1.165, 1.54) is 6.07 Å². The zero-order chi connectivity index (χ0) is 14.1. The lowest BCUT2D eigenvalue weighted by Crippen LogP contribution is -2.52. The molecule has 100 valence electrons. The molecule has 0 aromatic heterocycles. The number of rotatable bonds is 4. The van der Waals surface area contributed by atoms with Crippen LogP contribution in [0, 0.1) is 17.0 Å². The van der Waals surface area contributed by atoms with E-state index in [2.05, 4.69) is 0 Å². The van der Waals surface area contributed by atoms with Gasteiger partial charge in [-0.2, -0.15) is 0 Å². The van der Waals surface area contributed by atoms with E-state index < -0.39 is 22.6 Å². The number of Topliss-reactive ketones (excluding diaryl/α,β-unsaturated/α-hetero) is 1. The van der Waals surface area contributed by atoms with E-state index in [9.17, 15) is 13.6 Å². The van der Waals surface area contributed by atoms with Gasteiger partial charge < -0.3 is 5.73 Å². The molecule has 0 aliphatic heterocycles. The van der Waals surface area contributed by atoms with E-state index >= 15 is 0 Å². The molecule has 0 bridgehead atoms. The van der Waals surface area contributed by atoms with Gasteiger partial charge in [0.05, 0.1) is 0 Å². The van der Waals surface area contributed by atoms with Crippen molar-refractivity contribution in [1.82, 2.24) is 0 Å².